The van der Waals surface area contributed by atoms with Crippen molar-refractivity contribution in [2.24, 2.45) is 11.8 Å². The zero-order valence-electron chi connectivity index (χ0n) is 42.8. The molecule has 1 aliphatic rings. The van der Waals surface area contributed by atoms with Gasteiger partial charge in [-0.3, -0.25) is 19.2 Å². The number of ketones is 1. The van der Waals surface area contributed by atoms with E-state index in [0.717, 1.165) is 88.5 Å². The maximum absolute atomic E-state index is 14.5. The summed E-state index contributed by atoms with van der Waals surface area (Å²) >= 11 is 11.9. The maximum Gasteiger partial charge on any atom is 0.306 e. The van der Waals surface area contributed by atoms with Crippen molar-refractivity contribution in [3.63, 3.8) is 0 Å². The Bertz CT molecular complexity index is 1710. The fraction of sp³-hybridized carbons (Fsp3) is 0.722. The van der Waals surface area contributed by atoms with Gasteiger partial charge in [0, 0.05) is 29.3 Å². The van der Waals surface area contributed by atoms with Crippen LogP contribution in [-0.4, -0.2) is 81.7 Å². The predicted octanol–water partition coefficient (Wildman–Crippen LogP) is 13.5. The number of aliphatic hydroxyl groups excluding tert-OH is 1. The lowest BCUT2D eigenvalue weighted by molar-refractivity contribution is -0.283. The second kappa shape index (κ2) is 33.8. The number of hydrogen-bond donors (Lipinski definition) is 2. The highest BCUT2D eigenvalue weighted by atomic mass is 35.5. The lowest BCUT2D eigenvalue weighted by Crippen LogP contribution is -2.61. The van der Waals surface area contributed by atoms with E-state index in [9.17, 15) is 19.5 Å². The summed E-state index contributed by atoms with van der Waals surface area (Å²) in [7, 11) is -2.31. The Morgan fingerprint density at radius 2 is 1.16 bits per heavy atom. The van der Waals surface area contributed by atoms with E-state index in [-0.39, 0.29) is 36.9 Å². The van der Waals surface area contributed by atoms with Gasteiger partial charge in [0.15, 0.2) is 14.6 Å². The van der Waals surface area contributed by atoms with Crippen LogP contribution in [0.5, 0.6) is 11.5 Å². The number of hydrogen-bond acceptors (Lipinski definition) is 12. The summed E-state index contributed by atoms with van der Waals surface area (Å²) in [5.74, 6) is 4.79. The van der Waals surface area contributed by atoms with Crippen molar-refractivity contribution in [1.29, 1.82) is 0 Å². The fourth-order valence-corrected chi connectivity index (χ4v) is 9.37. The zero-order valence-corrected chi connectivity index (χ0v) is 45.3. The highest BCUT2D eigenvalue weighted by Gasteiger charge is 2.52. The number of nitrogens with two attached hydrogens (primary N) is 1. The predicted molar refractivity (Wildman–Crippen MR) is 277 cm³/mol. The molecule has 0 aliphatic carbocycles. The van der Waals surface area contributed by atoms with Crippen molar-refractivity contribution in [2.75, 3.05) is 19.8 Å². The highest BCUT2D eigenvalue weighted by molar-refractivity contribution is 6.74. The standard InChI is InChI=1S/C54H87Cl2NO11Si/c1-7-8-9-10-11-12-13-16-21-26-45(65-48(59)27-22-17-14-19-24-37-62-43-33-29-41(55)30-34-43)39-46(58)50-52(51(61)47(66-53(50)68-57)40-64-69(5,6)54(2,3)4)67-49(60)28-23-18-15-20-25-38-63-44-35-31-42(56)32-36-44/h29-36,45,47,50-53,61H,7-28,37-40,57H2,1-6H3/t45-,47+,50+,51+,52+,53-/m0/s1. The second-order valence-electron chi connectivity index (χ2n) is 20.3. The Labute approximate surface area is 425 Å². The number of rotatable bonds is 37. The van der Waals surface area contributed by atoms with Crippen LogP contribution in [0.3, 0.4) is 0 Å². The van der Waals surface area contributed by atoms with Gasteiger partial charge in [0.2, 0.25) is 0 Å². The Kier molecular flexibility index (Phi) is 29.7. The second-order valence-corrected chi connectivity index (χ2v) is 25.9. The van der Waals surface area contributed by atoms with Crippen molar-refractivity contribution in [2.45, 2.75) is 224 Å². The van der Waals surface area contributed by atoms with Crippen LogP contribution in [0.1, 0.15) is 175 Å². The van der Waals surface area contributed by atoms with Crippen molar-refractivity contribution < 1.29 is 52.4 Å². The van der Waals surface area contributed by atoms with Gasteiger partial charge in [-0.15, -0.1) is 0 Å². The molecule has 12 nitrogen and oxygen atoms in total. The third-order valence-corrected chi connectivity index (χ3v) is 18.4. The molecular weight excluding hydrogens is 938 g/mol. The summed E-state index contributed by atoms with van der Waals surface area (Å²) in [6.07, 6.45) is 13.3. The molecule has 1 heterocycles. The van der Waals surface area contributed by atoms with Crippen molar-refractivity contribution in [3.8, 4) is 11.5 Å². The summed E-state index contributed by atoms with van der Waals surface area (Å²) in [6.45, 7) is 13.9. The number of ether oxygens (including phenoxy) is 5. The van der Waals surface area contributed by atoms with Gasteiger partial charge in [-0.2, -0.15) is 0 Å². The molecule has 1 aliphatic heterocycles. The minimum atomic E-state index is -2.31. The van der Waals surface area contributed by atoms with E-state index in [0.29, 0.717) is 42.5 Å². The minimum absolute atomic E-state index is 0.00968. The number of esters is 2. The molecule has 0 bridgehead atoms. The lowest BCUT2D eigenvalue weighted by Gasteiger charge is -2.44. The van der Waals surface area contributed by atoms with Crippen molar-refractivity contribution >= 4 is 49.2 Å². The average Bonchev–Trinajstić information content (AvgIpc) is 3.31. The number of carbonyl (C=O) groups excluding carboxylic acids is 3. The molecule has 69 heavy (non-hydrogen) atoms. The molecule has 0 saturated carbocycles. The van der Waals surface area contributed by atoms with E-state index in [4.69, 9.17) is 62.0 Å². The molecule has 0 spiro atoms. The number of Topliss-reactive ketones (excluding diaryl/α,β-unsaturated/α-hetero) is 1. The molecule has 6 atom stereocenters. The molecule has 392 valence electrons. The molecule has 0 radical (unpaired) electrons. The van der Waals surface area contributed by atoms with Crippen molar-refractivity contribution in [3.05, 3.63) is 58.6 Å². The molecule has 3 rings (SSSR count). The van der Waals surface area contributed by atoms with Gasteiger partial charge in [-0.1, -0.05) is 141 Å². The van der Waals surface area contributed by atoms with E-state index < -0.39 is 56.7 Å². The van der Waals surface area contributed by atoms with E-state index >= 15 is 0 Å². The molecule has 0 unspecified atom stereocenters. The average molecular weight is 1030 g/mol. The molecule has 15 heteroatoms. The highest BCUT2D eigenvalue weighted by Crippen LogP contribution is 2.38. The summed E-state index contributed by atoms with van der Waals surface area (Å²) in [5.41, 5.74) is 0. The molecular formula is C54H87Cl2NO11Si. The van der Waals surface area contributed by atoms with Gasteiger partial charge in [-0.25, -0.2) is 5.90 Å². The number of unbranched alkanes of at least 4 members (excludes halogenated alkanes) is 16. The number of aliphatic hydroxyl groups is 1. The van der Waals surface area contributed by atoms with Crippen LogP contribution in [-0.2, 0) is 37.9 Å². The monoisotopic (exact) mass is 1020 g/mol. The zero-order chi connectivity index (χ0) is 50.5. The van der Waals surface area contributed by atoms with Gasteiger partial charge >= 0.3 is 11.9 Å². The lowest BCUT2D eigenvalue weighted by atomic mass is 9.85. The molecule has 1 fully saturated rings. The van der Waals surface area contributed by atoms with Crippen LogP contribution in [0.4, 0.5) is 0 Å². The first-order chi connectivity index (χ1) is 33.0. The molecule has 3 N–H and O–H groups in total. The first-order valence-corrected chi connectivity index (χ1v) is 29.7. The van der Waals surface area contributed by atoms with Gasteiger partial charge in [0.25, 0.3) is 0 Å². The molecule has 1 saturated heterocycles. The van der Waals surface area contributed by atoms with Gasteiger partial charge < -0.3 is 33.2 Å². The molecule has 2 aromatic carbocycles. The Morgan fingerprint density at radius 1 is 0.696 bits per heavy atom. The number of carbonyl (C=O) groups is 3. The Morgan fingerprint density at radius 3 is 1.65 bits per heavy atom. The van der Waals surface area contributed by atoms with E-state index in [2.05, 4.69) is 40.8 Å². The van der Waals surface area contributed by atoms with Crippen LogP contribution in [0.25, 0.3) is 0 Å². The number of benzene rings is 2. The first kappa shape index (κ1) is 60.6. The molecule has 0 aromatic heterocycles. The third-order valence-electron chi connectivity index (χ3n) is 13.4. The minimum Gasteiger partial charge on any atom is -0.494 e. The van der Waals surface area contributed by atoms with E-state index in [1.54, 1.807) is 24.3 Å². The van der Waals surface area contributed by atoms with Crippen LogP contribution in [0, 0.1) is 5.92 Å². The van der Waals surface area contributed by atoms with E-state index in [1.807, 2.05) is 24.3 Å². The van der Waals surface area contributed by atoms with Crippen LogP contribution >= 0.6 is 23.2 Å². The maximum atomic E-state index is 14.5. The molecule has 2 aromatic rings. The van der Waals surface area contributed by atoms with Gasteiger partial charge in [0.1, 0.15) is 47.6 Å². The van der Waals surface area contributed by atoms with Crippen LogP contribution in [0.15, 0.2) is 48.5 Å². The normalized spacial score (nSPS) is 19.0. The van der Waals surface area contributed by atoms with Crippen molar-refractivity contribution in [1.82, 2.24) is 0 Å². The summed E-state index contributed by atoms with van der Waals surface area (Å²) in [4.78, 5) is 46.7. The van der Waals surface area contributed by atoms with Gasteiger partial charge in [0.05, 0.1) is 19.8 Å². The topological polar surface area (TPSA) is 162 Å². The SMILES string of the molecule is CCCCCCCCCCC[C@@H](CC(=O)[C@H]1[C@H](ON)O[C@H](CO[Si](C)(C)C(C)(C)C)[C@@H](O)[C@@H]1OC(=O)CCCCCCCOc1ccc(Cl)cc1)OC(=O)CCCCCCCOc1ccc(Cl)cc1. The smallest absolute Gasteiger partial charge is 0.306 e. The van der Waals surface area contributed by atoms with Crippen LogP contribution in [0.2, 0.25) is 28.2 Å². The van der Waals surface area contributed by atoms with Gasteiger partial charge in [-0.05, 0) is 105 Å². The van der Waals surface area contributed by atoms with Crippen LogP contribution < -0.4 is 15.4 Å². The summed E-state index contributed by atoms with van der Waals surface area (Å²) < 4.78 is 36.3. The first-order valence-electron chi connectivity index (χ1n) is 26.1. The summed E-state index contributed by atoms with van der Waals surface area (Å²) in [5, 5.41) is 13.1. The quantitative estimate of drug-likeness (QED) is 0.0286. The number of halogens is 2. The Balaban J connectivity index is 1.63. The Hall–Kier alpha value is -2.75. The summed E-state index contributed by atoms with van der Waals surface area (Å²) in [6, 6.07) is 14.6. The largest absolute Gasteiger partial charge is 0.494 e. The third kappa shape index (κ3) is 24.5. The van der Waals surface area contributed by atoms with E-state index in [1.165, 1.54) is 32.1 Å². The molecule has 0 amide bonds. The fourth-order valence-electron chi connectivity index (χ4n) is 8.10.